The Bertz CT molecular complexity index is 450. The van der Waals surface area contributed by atoms with Crippen LogP contribution in [-0.2, 0) is 28.9 Å². The highest BCUT2D eigenvalue weighted by molar-refractivity contribution is 7.91. The van der Waals surface area contributed by atoms with Gasteiger partial charge in [-0.1, -0.05) is 0 Å². The Kier molecular flexibility index (Phi) is 6.37. The van der Waals surface area contributed by atoms with Crippen molar-refractivity contribution in [2.45, 2.75) is 12.5 Å². The largest absolute Gasteiger partial charge is 0.468 e. The number of hydrogen-bond donors (Lipinski definition) is 1. The van der Waals surface area contributed by atoms with E-state index in [0.717, 1.165) is 0 Å². The van der Waals surface area contributed by atoms with Crippen molar-refractivity contribution in [3.05, 3.63) is 0 Å². The highest BCUT2D eigenvalue weighted by atomic mass is 32.2. The summed E-state index contributed by atoms with van der Waals surface area (Å²) in [5, 5.41) is 0. The van der Waals surface area contributed by atoms with Gasteiger partial charge in [-0.25, -0.2) is 8.42 Å². The van der Waals surface area contributed by atoms with Crippen molar-refractivity contribution in [2.24, 2.45) is 5.73 Å². The molecule has 1 rings (SSSR count). The normalized spacial score (nSPS) is 20.6. The Hall–Kier alpha value is -1.19. The number of carbonyl (C=O) groups is 2. The monoisotopic (exact) mass is 308 g/mol. The molecule has 20 heavy (non-hydrogen) atoms. The van der Waals surface area contributed by atoms with Gasteiger partial charge in [0.1, 0.15) is 6.04 Å². The molecule has 0 aromatic rings. The quantitative estimate of drug-likeness (QED) is 0.549. The summed E-state index contributed by atoms with van der Waals surface area (Å²) in [6, 6.07) is -0.583. The van der Waals surface area contributed by atoms with Crippen LogP contribution in [0.25, 0.3) is 0 Å². The van der Waals surface area contributed by atoms with Crippen LogP contribution in [0.4, 0.5) is 0 Å². The van der Waals surface area contributed by atoms with Gasteiger partial charge in [-0.15, -0.1) is 0 Å². The van der Waals surface area contributed by atoms with Crippen LogP contribution in [0.1, 0.15) is 6.42 Å². The topological polar surface area (TPSA) is 116 Å². The van der Waals surface area contributed by atoms with Crippen LogP contribution in [0.15, 0.2) is 0 Å². The molecule has 1 aliphatic rings. The van der Waals surface area contributed by atoms with Crippen molar-refractivity contribution >= 4 is 21.7 Å². The number of ether oxygens (including phenoxy) is 2. The Morgan fingerprint density at radius 2 is 2.10 bits per heavy atom. The summed E-state index contributed by atoms with van der Waals surface area (Å²) in [6.45, 7) is 1.29. The second-order valence-electron chi connectivity index (χ2n) is 4.52. The zero-order valence-corrected chi connectivity index (χ0v) is 12.2. The lowest BCUT2D eigenvalue weighted by Crippen LogP contribution is -2.51. The third-order valence-electron chi connectivity index (χ3n) is 3.06. The van der Waals surface area contributed by atoms with Crippen molar-refractivity contribution in [2.75, 3.05) is 44.9 Å². The number of primary amides is 1. The first-order valence-electron chi connectivity index (χ1n) is 6.24. The third kappa shape index (κ3) is 5.43. The fourth-order valence-corrected chi connectivity index (χ4v) is 3.10. The minimum Gasteiger partial charge on any atom is -0.468 e. The first-order chi connectivity index (χ1) is 9.35. The first kappa shape index (κ1) is 16.9. The molecule has 1 unspecified atom stereocenters. The summed E-state index contributed by atoms with van der Waals surface area (Å²) in [7, 11) is -2.09. The van der Waals surface area contributed by atoms with Crippen LogP contribution < -0.4 is 5.73 Å². The number of nitrogens with two attached hydrogens (primary N) is 1. The lowest BCUT2D eigenvalue weighted by Gasteiger charge is -2.33. The molecule has 116 valence electrons. The van der Waals surface area contributed by atoms with Gasteiger partial charge in [0, 0.05) is 19.5 Å². The number of esters is 1. The van der Waals surface area contributed by atoms with E-state index < -0.39 is 27.8 Å². The van der Waals surface area contributed by atoms with Gasteiger partial charge in [0.25, 0.3) is 0 Å². The average Bonchev–Trinajstić information content (AvgIpc) is 2.43. The predicted octanol–water partition coefficient (Wildman–Crippen LogP) is -1.85. The van der Waals surface area contributed by atoms with Crippen molar-refractivity contribution in [3.8, 4) is 0 Å². The molecule has 0 bridgehead atoms. The van der Waals surface area contributed by atoms with Gasteiger partial charge < -0.3 is 15.2 Å². The minimum atomic E-state index is -3.37. The number of sulfone groups is 1. The number of amides is 1. The first-order valence-corrected chi connectivity index (χ1v) is 8.06. The SMILES string of the molecule is COC(=O)C1COCCN1CCS(=O)(=O)CCC(N)=O. The zero-order valence-electron chi connectivity index (χ0n) is 11.4. The molecule has 0 saturated carbocycles. The molecule has 1 amide bonds. The summed E-state index contributed by atoms with van der Waals surface area (Å²) < 4.78 is 33.3. The molecule has 1 aliphatic heterocycles. The Morgan fingerprint density at radius 1 is 1.40 bits per heavy atom. The van der Waals surface area contributed by atoms with Crippen LogP contribution in [-0.4, -0.2) is 76.2 Å². The molecule has 0 aliphatic carbocycles. The molecule has 8 nitrogen and oxygen atoms in total. The van der Waals surface area contributed by atoms with Crippen LogP contribution in [0.2, 0.25) is 0 Å². The van der Waals surface area contributed by atoms with Crippen molar-refractivity contribution in [1.29, 1.82) is 0 Å². The predicted molar refractivity (Wildman–Crippen MR) is 70.7 cm³/mol. The second-order valence-corrected chi connectivity index (χ2v) is 6.82. The second kappa shape index (κ2) is 7.55. The average molecular weight is 308 g/mol. The highest BCUT2D eigenvalue weighted by Crippen LogP contribution is 2.09. The number of nitrogens with zero attached hydrogens (tertiary/aromatic N) is 1. The Balaban J connectivity index is 2.53. The molecule has 2 N–H and O–H groups in total. The maximum Gasteiger partial charge on any atom is 0.325 e. The fourth-order valence-electron chi connectivity index (χ4n) is 1.87. The lowest BCUT2D eigenvalue weighted by molar-refractivity contribution is -0.153. The van der Waals surface area contributed by atoms with E-state index in [1.54, 1.807) is 4.90 Å². The fraction of sp³-hybridized carbons (Fsp3) is 0.818. The van der Waals surface area contributed by atoms with Gasteiger partial charge >= 0.3 is 5.97 Å². The summed E-state index contributed by atoms with van der Waals surface area (Å²) in [4.78, 5) is 23.9. The van der Waals surface area contributed by atoms with Gasteiger partial charge in [-0.05, 0) is 0 Å². The van der Waals surface area contributed by atoms with E-state index in [9.17, 15) is 18.0 Å². The molecule has 9 heteroatoms. The maximum absolute atomic E-state index is 11.7. The Morgan fingerprint density at radius 3 is 2.70 bits per heavy atom. The number of methoxy groups -OCH3 is 1. The van der Waals surface area contributed by atoms with Crippen LogP contribution in [0.3, 0.4) is 0 Å². The Labute approximate surface area is 118 Å². The summed E-state index contributed by atoms with van der Waals surface area (Å²) >= 11 is 0. The molecular formula is C11H20N2O6S. The van der Waals surface area contributed by atoms with E-state index in [0.29, 0.717) is 13.2 Å². The maximum atomic E-state index is 11.7. The number of rotatable bonds is 7. The number of hydrogen-bond acceptors (Lipinski definition) is 7. The summed E-state index contributed by atoms with van der Waals surface area (Å²) in [6.07, 6.45) is -0.189. The van der Waals surface area contributed by atoms with Gasteiger partial charge in [-0.2, -0.15) is 0 Å². The zero-order chi connectivity index (χ0) is 15.2. The van der Waals surface area contributed by atoms with E-state index in [2.05, 4.69) is 4.74 Å². The number of morpholine rings is 1. The highest BCUT2D eigenvalue weighted by Gasteiger charge is 2.30. The number of carbonyl (C=O) groups excluding carboxylic acids is 2. The molecule has 0 aromatic carbocycles. The van der Waals surface area contributed by atoms with E-state index in [-0.39, 0.29) is 31.1 Å². The minimum absolute atomic E-state index is 0.131. The van der Waals surface area contributed by atoms with Gasteiger partial charge in [-0.3, -0.25) is 14.5 Å². The molecule has 1 heterocycles. The molecule has 1 saturated heterocycles. The van der Waals surface area contributed by atoms with Crippen LogP contribution >= 0.6 is 0 Å². The standard InChI is InChI=1S/C11H20N2O6S/c1-18-11(15)9-8-19-5-3-13(9)4-7-20(16,17)6-2-10(12)14/h9H,2-8H2,1H3,(H2,12,14). The van der Waals surface area contributed by atoms with Gasteiger partial charge in [0.05, 0.1) is 31.8 Å². The molecular weight excluding hydrogens is 288 g/mol. The molecule has 0 aromatic heterocycles. The third-order valence-corrected chi connectivity index (χ3v) is 4.69. The summed E-state index contributed by atoms with van der Waals surface area (Å²) in [5.74, 6) is -1.49. The van der Waals surface area contributed by atoms with Crippen LogP contribution in [0, 0.1) is 0 Å². The molecule has 0 radical (unpaired) electrons. The molecule has 1 fully saturated rings. The molecule has 1 atom stereocenters. The van der Waals surface area contributed by atoms with E-state index in [4.69, 9.17) is 10.5 Å². The smallest absolute Gasteiger partial charge is 0.325 e. The van der Waals surface area contributed by atoms with E-state index in [1.807, 2.05) is 0 Å². The lowest BCUT2D eigenvalue weighted by atomic mass is 10.2. The van der Waals surface area contributed by atoms with Gasteiger partial charge in [0.2, 0.25) is 5.91 Å². The van der Waals surface area contributed by atoms with Crippen molar-refractivity contribution < 1.29 is 27.5 Å². The van der Waals surface area contributed by atoms with Crippen molar-refractivity contribution in [1.82, 2.24) is 4.90 Å². The van der Waals surface area contributed by atoms with E-state index in [1.165, 1.54) is 7.11 Å². The van der Waals surface area contributed by atoms with E-state index >= 15 is 0 Å². The van der Waals surface area contributed by atoms with Crippen molar-refractivity contribution in [3.63, 3.8) is 0 Å². The summed E-state index contributed by atoms with van der Waals surface area (Å²) in [5.41, 5.74) is 4.93. The van der Waals surface area contributed by atoms with Crippen LogP contribution in [0.5, 0.6) is 0 Å². The van der Waals surface area contributed by atoms with Gasteiger partial charge in [0.15, 0.2) is 9.84 Å². The molecule has 0 spiro atoms.